The molecule has 4 aromatic rings. The Kier molecular flexibility index (Phi) is 6.90. The SMILES string of the molecule is Cc1c(COCc2ccc(Cl)cc2)nn(-c2ccc(Cl)cc2Cl)c1-c1ccc(Cl)cc1. The van der Waals surface area contributed by atoms with Crippen molar-refractivity contribution in [3.05, 3.63) is 104 Å². The molecule has 7 heteroatoms. The minimum absolute atomic E-state index is 0.354. The Hall–Kier alpha value is -2.01. The van der Waals surface area contributed by atoms with Gasteiger partial charge in [0.2, 0.25) is 0 Å². The Morgan fingerprint density at radius 3 is 2.03 bits per heavy atom. The molecule has 0 fully saturated rings. The molecule has 0 spiro atoms. The number of aromatic nitrogens is 2. The predicted molar refractivity (Wildman–Crippen MR) is 129 cm³/mol. The molecule has 0 aliphatic heterocycles. The summed E-state index contributed by atoms with van der Waals surface area (Å²) < 4.78 is 7.77. The molecule has 0 saturated carbocycles. The van der Waals surface area contributed by atoms with E-state index in [9.17, 15) is 0 Å². The summed E-state index contributed by atoms with van der Waals surface area (Å²) in [5.41, 5.74) is 5.51. The molecule has 0 aliphatic rings. The highest BCUT2D eigenvalue weighted by atomic mass is 35.5. The predicted octanol–water partition coefficient (Wildman–Crippen LogP) is 8.18. The third-order valence-corrected chi connectivity index (χ3v) is 5.94. The van der Waals surface area contributed by atoms with Crippen LogP contribution in [-0.2, 0) is 18.0 Å². The maximum atomic E-state index is 6.50. The van der Waals surface area contributed by atoms with Gasteiger partial charge < -0.3 is 4.74 Å². The molecule has 1 heterocycles. The summed E-state index contributed by atoms with van der Waals surface area (Å²) in [5.74, 6) is 0. The highest BCUT2D eigenvalue weighted by Crippen LogP contribution is 2.33. The van der Waals surface area contributed by atoms with E-state index in [1.54, 1.807) is 12.1 Å². The number of ether oxygens (including phenoxy) is 1. The van der Waals surface area contributed by atoms with Gasteiger partial charge >= 0.3 is 0 Å². The van der Waals surface area contributed by atoms with Gasteiger partial charge in [0.05, 0.1) is 35.3 Å². The van der Waals surface area contributed by atoms with Crippen molar-refractivity contribution >= 4 is 46.4 Å². The van der Waals surface area contributed by atoms with Crippen LogP contribution < -0.4 is 0 Å². The van der Waals surface area contributed by atoms with E-state index in [0.29, 0.717) is 33.3 Å². The van der Waals surface area contributed by atoms with Crippen LogP contribution in [0.1, 0.15) is 16.8 Å². The average molecular weight is 492 g/mol. The van der Waals surface area contributed by atoms with Crippen molar-refractivity contribution in [1.82, 2.24) is 9.78 Å². The van der Waals surface area contributed by atoms with E-state index in [4.69, 9.17) is 56.2 Å². The lowest BCUT2D eigenvalue weighted by Crippen LogP contribution is -2.01. The van der Waals surface area contributed by atoms with Gasteiger partial charge in [-0.2, -0.15) is 5.10 Å². The molecule has 0 radical (unpaired) electrons. The van der Waals surface area contributed by atoms with Gasteiger partial charge in [0.15, 0.2) is 0 Å². The Bertz CT molecular complexity index is 1200. The molecule has 158 valence electrons. The van der Waals surface area contributed by atoms with Crippen molar-refractivity contribution in [3.8, 4) is 16.9 Å². The zero-order valence-corrected chi connectivity index (χ0v) is 19.6. The molecular weight excluding hydrogens is 474 g/mol. The van der Waals surface area contributed by atoms with E-state index in [0.717, 1.165) is 33.8 Å². The Morgan fingerprint density at radius 2 is 1.39 bits per heavy atom. The van der Waals surface area contributed by atoms with E-state index in [2.05, 4.69) is 0 Å². The zero-order valence-electron chi connectivity index (χ0n) is 16.6. The van der Waals surface area contributed by atoms with Gasteiger partial charge in [-0.1, -0.05) is 70.7 Å². The Labute approximate surface area is 201 Å². The first-order valence-electron chi connectivity index (χ1n) is 9.54. The van der Waals surface area contributed by atoms with Gasteiger partial charge in [-0.3, -0.25) is 0 Å². The summed E-state index contributed by atoms with van der Waals surface area (Å²) in [6.07, 6.45) is 0. The van der Waals surface area contributed by atoms with Crippen LogP contribution in [0, 0.1) is 6.92 Å². The second kappa shape index (κ2) is 9.64. The molecule has 0 aliphatic carbocycles. The van der Waals surface area contributed by atoms with E-state index >= 15 is 0 Å². The zero-order chi connectivity index (χ0) is 22.0. The summed E-state index contributed by atoms with van der Waals surface area (Å²) in [4.78, 5) is 0. The van der Waals surface area contributed by atoms with Crippen molar-refractivity contribution in [2.75, 3.05) is 0 Å². The third kappa shape index (κ3) is 5.08. The van der Waals surface area contributed by atoms with E-state index in [1.165, 1.54) is 0 Å². The first-order chi connectivity index (χ1) is 14.9. The number of nitrogens with zero attached hydrogens (tertiary/aromatic N) is 2. The van der Waals surface area contributed by atoms with E-state index < -0.39 is 0 Å². The Balaban J connectivity index is 1.69. The van der Waals surface area contributed by atoms with Crippen LogP contribution in [0.2, 0.25) is 20.1 Å². The molecule has 3 aromatic carbocycles. The van der Waals surface area contributed by atoms with Crippen LogP contribution in [-0.4, -0.2) is 9.78 Å². The largest absolute Gasteiger partial charge is 0.370 e. The Morgan fingerprint density at radius 1 is 0.774 bits per heavy atom. The lowest BCUT2D eigenvalue weighted by molar-refractivity contribution is 0.104. The highest BCUT2D eigenvalue weighted by molar-refractivity contribution is 6.35. The average Bonchev–Trinajstić information content (AvgIpc) is 3.06. The minimum atomic E-state index is 0.354. The van der Waals surface area contributed by atoms with Crippen LogP contribution in [0.3, 0.4) is 0 Å². The monoisotopic (exact) mass is 490 g/mol. The topological polar surface area (TPSA) is 27.1 Å². The molecule has 0 saturated heterocycles. The number of hydrogen-bond acceptors (Lipinski definition) is 2. The van der Waals surface area contributed by atoms with Crippen LogP contribution in [0.5, 0.6) is 0 Å². The van der Waals surface area contributed by atoms with Gasteiger partial charge in [0, 0.05) is 26.2 Å². The molecular formula is C24H18Cl4N2O. The molecule has 0 N–H and O–H groups in total. The molecule has 0 bridgehead atoms. The maximum Gasteiger partial charge on any atom is 0.0922 e. The molecule has 0 amide bonds. The molecule has 0 atom stereocenters. The summed E-state index contributed by atoms with van der Waals surface area (Å²) in [7, 11) is 0. The standard InChI is InChI=1S/C24H18Cl4N2O/c1-15-22(14-31-13-16-2-6-18(25)7-3-16)29-30(23-11-10-20(27)12-21(23)28)24(15)17-4-8-19(26)9-5-17/h2-12H,13-14H2,1H3. The van der Waals surface area contributed by atoms with Crippen molar-refractivity contribution in [1.29, 1.82) is 0 Å². The smallest absolute Gasteiger partial charge is 0.0922 e. The summed E-state index contributed by atoms with van der Waals surface area (Å²) >= 11 is 24.6. The van der Waals surface area contributed by atoms with Gasteiger partial charge in [0.25, 0.3) is 0 Å². The van der Waals surface area contributed by atoms with Gasteiger partial charge in [-0.05, 0) is 55.0 Å². The lowest BCUT2D eigenvalue weighted by atomic mass is 10.1. The third-order valence-electron chi connectivity index (χ3n) is 4.90. The number of halogens is 4. The van der Waals surface area contributed by atoms with E-state index in [1.807, 2.05) is 66.2 Å². The highest BCUT2D eigenvalue weighted by Gasteiger charge is 2.19. The fourth-order valence-corrected chi connectivity index (χ4v) is 4.04. The van der Waals surface area contributed by atoms with Crippen LogP contribution in [0.15, 0.2) is 66.7 Å². The van der Waals surface area contributed by atoms with Gasteiger partial charge in [-0.15, -0.1) is 0 Å². The van der Waals surface area contributed by atoms with Crippen molar-refractivity contribution in [2.24, 2.45) is 0 Å². The normalized spacial score (nSPS) is 11.1. The van der Waals surface area contributed by atoms with Crippen LogP contribution in [0.4, 0.5) is 0 Å². The molecule has 3 nitrogen and oxygen atoms in total. The minimum Gasteiger partial charge on any atom is -0.370 e. The fourth-order valence-electron chi connectivity index (χ4n) is 3.30. The van der Waals surface area contributed by atoms with Crippen molar-refractivity contribution in [3.63, 3.8) is 0 Å². The molecule has 31 heavy (non-hydrogen) atoms. The van der Waals surface area contributed by atoms with Crippen LogP contribution >= 0.6 is 46.4 Å². The maximum absolute atomic E-state index is 6.50. The summed E-state index contributed by atoms with van der Waals surface area (Å²) in [6.45, 7) is 2.84. The quantitative estimate of drug-likeness (QED) is 0.272. The first kappa shape index (κ1) is 22.2. The van der Waals surface area contributed by atoms with Crippen LogP contribution in [0.25, 0.3) is 16.9 Å². The van der Waals surface area contributed by atoms with Crippen molar-refractivity contribution in [2.45, 2.75) is 20.1 Å². The first-order valence-corrected chi connectivity index (χ1v) is 11.1. The summed E-state index contributed by atoms with van der Waals surface area (Å²) in [5, 5.41) is 7.27. The second-order valence-electron chi connectivity index (χ2n) is 7.05. The molecule has 1 aromatic heterocycles. The van der Waals surface area contributed by atoms with Crippen molar-refractivity contribution < 1.29 is 4.74 Å². The lowest BCUT2D eigenvalue weighted by Gasteiger charge is -2.11. The number of rotatable bonds is 6. The van der Waals surface area contributed by atoms with Gasteiger partial charge in [-0.25, -0.2) is 4.68 Å². The molecule has 0 unspecified atom stereocenters. The van der Waals surface area contributed by atoms with E-state index in [-0.39, 0.29) is 0 Å². The number of benzene rings is 3. The summed E-state index contributed by atoms with van der Waals surface area (Å²) in [6, 6.07) is 20.6. The number of hydrogen-bond donors (Lipinski definition) is 0. The fraction of sp³-hybridized carbons (Fsp3) is 0.125. The molecule has 4 rings (SSSR count). The van der Waals surface area contributed by atoms with Gasteiger partial charge in [0.1, 0.15) is 0 Å². The second-order valence-corrected chi connectivity index (χ2v) is 8.77.